The van der Waals surface area contributed by atoms with Gasteiger partial charge in [0.1, 0.15) is 0 Å². The summed E-state index contributed by atoms with van der Waals surface area (Å²) >= 11 is 1.88. The van der Waals surface area contributed by atoms with Crippen LogP contribution in [-0.2, 0) is 6.54 Å². The van der Waals surface area contributed by atoms with E-state index < -0.39 is 0 Å². The first-order chi connectivity index (χ1) is 9.11. The number of ether oxygens (including phenoxy) is 2. The minimum absolute atomic E-state index is 0.269. The fraction of sp³-hybridized carbons (Fsp3) is 0.600. The molecule has 1 N–H and O–H groups in total. The summed E-state index contributed by atoms with van der Waals surface area (Å²) in [7, 11) is 0. The third kappa shape index (κ3) is 4.32. The quantitative estimate of drug-likeness (QED) is 0.898. The van der Waals surface area contributed by atoms with Gasteiger partial charge in [-0.3, -0.25) is 0 Å². The van der Waals surface area contributed by atoms with Gasteiger partial charge in [-0.2, -0.15) is 11.8 Å². The Morgan fingerprint density at radius 1 is 1.21 bits per heavy atom. The topological polar surface area (TPSA) is 30.5 Å². The molecule has 0 bridgehead atoms. The fourth-order valence-electron chi connectivity index (χ4n) is 1.90. The molecule has 0 aromatic heterocycles. The highest BCUT2D eigenvalue weighted by Crippen LogP contribution is 2.30. The summed E-state index contributed by atoms with van der Waals surface area (Å²) in [5.74, 6) is 1.74. The van der Waals surface area contributed by atoms with Gasteiger partial charge in [-0.1, -0.05) is 6.07 Å². The van der Waals surface area contributed by atoms with E-state index in [1.165, 1.54) is 5.56 Å². The first-order valence-electron chi connectivity index (χ1n) is 6.75. The van der Waals surface area contributed by atoms with E-state index in [4.69, 9.17) is 9.47 Å². The molecule has 1 aliphatic heterocycles. The first-order valence-corrected chi connectivity index (χ1v) is 7.97. The molecule has 0 aliphatic carbocycles. The van der Waals surface area contributed by atoms with Gasteiger partial charge < -0.3 is 14.8 Å². The van der Waals surface area contributed by atoms with Gasteiger partial charge in [0, 0.05) is 24.3 Å². The predicted octanol–water partition coefficient (Wildman–Crippen LogP) is 3.08. The van der Waals surface area contributed by atoms with Crippen molar-refractivity contribution in [2.75, 3.05) is 26.0 Å². The molecule has 0 saturated heterocycles. The van der Waals surface area contributed by atoms with Crippen molar-refractivity contribution in [3.05, 3.63) is 23.8 Å². The van der Waals surface area contributed by atoms with Gasteiger partial charge in [-0.25, -0.2) is 0 Å². The average Bonchev–Trinajstić information content (AvgIpc) is 2.63. The number of benzene rings is 1. The molecule has 106 valence electrons. The molecule has 2 rings (SSSR count). The van der Waals surface area contributed by atoms with E-state index in [0.717, 1.165) is 44.2 Å². The maximum Gasteiger partial charge on any atom is 0.161 e. The summed E-state index contributed by atoms with van der Waals surface area (Å²) in [5, 5.41) is 3.50. The first kappa shape index (κ1) is 14.5. The van der Waals surface area contributed by atoms with Crippen LogP contribution in [0.4, 0.5) is 0 Å². The highest BCUT2D eigenvalue weighted by Gasteiger charge is 2.15. The Morgan fingerprint density at radius 2 is 1.95 bits per heavy atom. The third-order valence-electron chi connectivity index (χ3n) is 3.24. The standard InChI is InChI=1S/C15H23NO2S/c1-15(2,19-3)11-16-10-12-5-6-13-14(9-12)18-8-4-7-17-13/h5-6,9,16H,4,7-8,10-11H2,1-3H3. The van der Waals surface area contributed by atoms with Gasteiger partial charge in [-0.15, -0.1) is 0 Å². The summed E-state index contributed by atoms with van der Waals surface area (Å²) in [6, 6.07) is 6.20. The molecule has 0 spiro atoms. The summed E-state index contributed by atoms with van der Waals surface area (Å²) in [6.07, 6.45) is 3.10. The van der Waals surface area contributed by atoms with Gasteiger partial charge >= 0.3 is 0 Å². The van der Waals surface area contributed by atoms with Crippen molar-refractivity contribution < 1.29 is 9.47 Å². The molecule has 0 fully saturated rings. The third-order valence-corrected chi connectivity index (χ3v) is 4.49. The second-order valence-electron chi connectivity index (χ2n) is 5.40. The number of rotatable bonds is 5. The zero-order chi connectivity index (χ0) is 13.7. The summed E-state index contributed by atoms with van der Waals surface area (Å²) in [4.78, 5) is 0. The Bertz CT molecular complexity index is 421. The molecular weight excluding hydrogens is 258 g/mol. The number of fused-ring (bicyclic) bond motifs is 1. The molecule has 1 heterocycles. The van der Waals surface area contributed by atoms with E-state index in [0.29, 0.717) is 0 Å². The summed E-state index contributed by atoms with van der Waals surface area (Å²) < 4.78 is 11.6. The molecule has 1 aliphatic rings. The Morgan fingerprint density at radius 3 is 2.68 bits per heavy atom. The minimum atomic E-state index is 0.269. The Kier molecular flexibility index (Phi) is 4.99. The molecule has 4 heteroatoms. The molecule has 3 nitrogen and oxygen atoms in total. The summed E-state index contributed by atoms with van der Waals surface area (Å²) in [6.45, 7) is 7.83. The zero-order valence-corrected chi connectivity index (χ0v) is 12.8. The largest absolute Gasteiger partial charge is 0.490 e. The van der Waals surface area contributed by atoms with Crippen LogP contribution < -0.4 is 14.8 Å². The lowest BCUT2D eigenvalue weighted by molar-refractivity contribution is 0.297. The van der Waals surface area contributed by atoms with Crippen molar-refractivity contribution in [3.63, 3.8) is 0 Å². The van der Waals surface area contributed by atoms with Crippen molar-refractivity contribution in [3.8, 4) is 11.5 Å². The highest BCUT2D eigenvalue weighted by molar-refractivity contribution is 7.99. The average molecular weight is 281 g/mol. The van der Waals surface area contributed by atoms with Crippen LogP contribution in [-0.4, -0.2) is 30.8 Å². The van der Waals surface area contributed by atoms with E-state index in [9.17, 15) is 0 Å². The van der Waals surface area contributed by atoms with Crippen molar-refractivity contribution >= 4 is 11.8 Å². The van der Waals surface area contributed by atoms with Crippen LogP contribution in [0.2, 0.25) is 0 Å². The van der Waals surface area contributed by atoms with Gasteiger partial charge in [-0.05, 0) is 37.8 Å². The van der Waals surface area contributed by atoms with Gasteiger partial charge in [0.2, 0.25) is 0 Å². The molecule has 1 aromatic rings. The van der Waals surface area contributed by atoms with E-state index in [1.54, 1.807) is 0 Å². The zero-order valence-electron chi connectivity index (χ0n) is 12.0. The van der Waals surface area contributed by atoms with E-state index in [2.05, 4.69) is 37.6 Å². The van der Waals surface area contributed by atoms with E-state index in [1.807, 2.05) is 17.8 Å². The Hall–Kier alpha value is -0.870. The lowest BCUT2D eigenvalue weighted by atomic mass is 10.1. The van der Waals surface area contributed by atoms with Crippen molar-refractivity contribution in [1.82, 2.24) is 5.32 Å². The maximum atomic E-state index is 5.70. The molecule has 0 unspecified atom stereocenters. The van der Waals surface area contributed by atoms with Crippen molar-refractivity contribution in [1.29, 1.82) is 0 Å². The fourth-order valence-corrected chi connectivity index (χ4v) is 2.14. The molecule has 0 radical (unpaired) electrons. The molecule has 0 atom stereocenters. The molecular formula is C15H23NO2S. The van der Waals surface area contributed by atoms with Crippen molar-refractivity contribution in [2.45, 2.75) is 31.6 Å². The lowest BCUT2D eigenvalue weighted by Gasteiger charge is -2.22. The minimum Gasteiger partial charge on any atom is -0.490 e. The highest BCUT2D eigenvalue weighted by atomic mass is 32.2. The second-order valence-corrected chi connectivity index (χ2v) is 6.91. The number of nitrogens with one attached hydrogen (secondary N) is 1. The van der Waals surface area contributed by atoms with Crippen LogP contribution in [0.25, 0.3) is 0 Å². The molecule has 0 amide bonds. The SMILES string of the molecule is CSC(C)(C)CNCc1ccc2c(c1)OCCCO2. The second kappa shape index (κ2) is 6.53. The van der Waals surface area contributed by atoms with Gasteiger partial charge in [0.05, 0.1) is 13.2 Å². The van der Waals surface area contributed by atoms with Crippen LogP contribution in [0.1, 0.15) is 25.8 Å². The molecule has 19 heavy (non-hydrogen) atoms. The number of hydrogen-bond donors (Lipinski definition) is 1. The molecule has 0 saturated carbocycles. The predicted molar refractivity (Wildman–Crippen MR) is 81.3 cm³/mol. The lowest BCUT2D eigenvalue weighted by Crippen LogP contribution is -2.31. The Labute approximate surface area is 120 Å². The van der Waals surface area contributed by atoms with Crippen LogP contribution in [0.3, 0.4) is 0 Å². The smallest absolute Gasteiger partial charge is 0.161 e. The van der Waals surface area contributed by atoms with Gasteiger partial charge in [0.25, 0.3) is 0 Å². The van der Waals surface area contributed by atoms with Crippen LogP contribution in [0.5, 0.6) is 11.5 Å². The van der Waals surface area contributed by atoms with Crippen LogP contribution in [0.15, 0.2) is 18.2 Å². The van der Waals surface area contributed by atoms with E-state index in [-0.39, 0.29) is 4.75 Å². The van der Waals surface area contributed by atoms with Crippen molar-refractivity contribution in [2.24, 2.45) is 0 Å². The maximum absolute atomic E-state index is 5.70. The number of hydrogen-bond acceptors (Lipinski definition) is 4. The summed E-state index contributed by atoms with van der Waals surface area (Å²) in [5.41, 5.74) is 1.24. The van der Waals surface area contributed by atoms with E-state index >= 15 is 0 Å². The van der Waals surface area contributed by atoms with Gasteiger partial charge in [0.15, 0.2) is 11.5 Å². The monoisotopic (exact) mass is 281 g/mol. The van der Waals surface area contributed by atoms with Crippen LogP contribution >= 0.6 is 11.8 Å². The number of thioether (sulfide) groups is 1. The normalized spacial score (nSPS) is 15.1. The molecule has 1 aromatic carbocycles. The van der Waals surface area contributed by atoms with Crippen LogP contribution in [0, 0.1) is 0 Å². The Balaban J connectivity index is 1.93.